The van der Waals surface area contributed by atoms with Gasteiger partial charge in [-0.05, 0) is 29.7 Å². The normalized spacial score (nSPS) is 11.2. The Morgan fingerprint density at radius 3 is 2.80 bits per heavy atom. The van der Waals surface area contributed by atoms with Gasteiger partial charge in [-0.2, -0.15) is 0 Å². The highest BCUT2D eigenvalue weighted by Crippen LogP contribution is 2.25. The maximum atomic E-state index is 13.9. The third-order valence-corrected chi connectivity index (χ3v) is 4.19. The van der Waals surface area contributed by atoms with Crippen molar-refractivity contribution in [2.75, 3.05) is 0 Å². The van der Waals surface area contributed by atoms with Gasteiger partial charge < -0.3 is 4.98 Å². The fourth-order valence-electron chi connectivity index (χ4n) is 1.89. The fourth-order valence-corrected chi connectivity index (χ4v) is 3.23. The highest BCUT2D eigenvalue weighted by atomic mass is 35.5. The summed E-state index contributed by atoms with van der Waals surface area (Å²) < 4.78 is 28.3. The smallest absolute Gasteiger partial charge is 0.276 e. The van der Waals surface area contributed by atoms with E-state index in [9.17, 15) is 13.6 Å². The molecule has 0 unspecified atom stereocenters. The molecule has 0 amide bonds. The summed E-state index contributed by atoms with van der Waals surface area (Å²) in [6, 6.07) is 3.28. The quantitative estimate of drug-likeness (QED) is 0.684. The highest BCUT2D eigenvalue weighted by Gasteiger charge is 2.16. The first kappa shape index (κ1) is 13.4. The van der Waals surface area contributed by atoms with Crippen molar-refractivity contribution in [3.05, 3.63) is 55.4 Å². The number of aromatic amines is 1. The van der Waals surface area contributed by atoms with Crippen molar-refractivity contribution >= 4 is 45.4 Å². The van der Waals surface area contributed by atoms with Crippen LogP contribution in [0.25, 0.3) is 15.9 Å². The Morgan fingerprint density at radius 1 is 1.35 bits per heavy atom. The van der Waals surface area contributed by atoms with Gasteiger partial charge in [-0.15, -0.1) is 11.3 Å². The van der Waals surface area contributed by atoms with Crippen LogP contribution in [0.5, 0.6) is 0 Å². The Hall–Kier alpha value is -1.57. The monoisotopic (exact) mass is 330 g/mol. The topological polar surface area (TPSA) is 37.8 Å². The van der Waals surface area contributed by atoms with Crippen LogP contribution >= 0.6 is 35.2 Å². The number of nitrogens with zero attached hydrogens (tertiary/aromatic N) is 1. The lowest BCUT2D eigenvalue weighted by Gasteiger charge is -2.09. The summed E-state index contributed by atoms with van der Waals surface area (Å²) in [5.74, 6) is -1.77. The maximum absolute atomic E-state index is 13.9. The van der Waals surface area contributed by atoms with Crippen molar-refractivity contribution in [1.82, 2.24) is 9.55 Å². The van der Waals surface area contributed by atoms with E-state index < -0.39 is 17.2 Å². The molecule has 8 heteroatoms. The summed E-state index contributed by atoms with van der Waals surface area (Å²) in [4.78, 5) is 15.2. The van der Waals surface area contributed by atoms with E-state index in [1.54, 1.807) is 11.4 Å². The van der Waals surface area contributed by atoms with Crippen LogP contribution in [0.4, 0.5) is 8.78 Å². The Balaban J connectivity index is 2.47. The van der Waals surface area contributed by atoms with Crippen LogP contribution in [0.15, 0.2) is 28.4 Å². The molecule has 0 aliphatic heterocycles. The molecule has 0 spiro atoms. The lowest BCUT2D eigenvalue weighted by molar-refractivity contribution is 0.576. The largest absolute Gasteiger partial charge is 0.331 e. The number of aromatic nitrogens is 2. The van der Waals surface area contributed by atoms with Gasteiger partial charge >= 0.3 is 0 Å². The molecule has 0 saturated carbocycles. The van der Waals surface area contributed by atoms with Gasteiger partial charge in [0, 0.05) is 6.07 Å². The minimum absolute atomic E-state index is 0.00620. The zero-order valence-corrected chi connectivity index (χ0v) is 12.0. The standard InChI is InChI=1S/C12H5ClF2N2OS2/c13-6-3-5(14)4-7(15)9(6)17-11(18)10-8(1-2-20-10)16-12(17)19/h1-4H,(H,16,19). The molecule has 20 heavy (non-hydrogen) atoms. The summed E-state index contributed by atoms with van der Waals surface area (Å²) in [7, 11) is 0. The lowest BCUT2D eigenvalue weighted by Crippen LogP contribution is -2.21. The first-order valence-corrected chi connectivity index (χ1v) is 7.03. The predicted octanol–water partition coefficient (Wildman–Crippen LogP) is 4.04. The van der Waals surface area contributed by atoms with Crippen molar-refractivity contribution in [1.29, 1.82) is 0 Å². The van der Waals surface area contributed by atoms with Gasteiger partial charge in [-0.3, -0.25) is 4.79 Å². The van der Waals surface area contributed by atoms with E-state index >= 15 is 0 Å². The number of hydrogen-bond donors (Lipinski definition) is 1. The molecule has 3 rings (SSSR count). The SMILES string of the molecule is O=c1c2sccc2[nH]c(=S)n1-c1c(F)cc(F)cc1Cl. The number of H-pyrrole nitrogens is 1. The van der Waals surface area contributed by atoms with Crippen LogP contribution in [0.1, 0.15) is 0 Å². The maximum Gasteiger partial charge on any atom is 0.276 e. The van der Waals surface area contributed by atoms with Gasteiger partial charge in [0.05, 0.1) is 10.5 Å². The van der Waals surface area contributed by atoms with Crippen LogP contribution in [-0.4, -0.2) is 9.55 Å². The van der Waals surface area contributed by atoms with Gasteiger partial charge in [0.1, 0.15) is 16.2 Å². The summed E-state index contributed by atoms with van der Waals surface area (Å²) in [5, 5.41) is 1.49. The predicted molar refractivity (Wildman–Crippen MR) is 77.5 cm³/mol. The van der Waals surface area contributed by atoms with Crippen molar-refractivity contribution in [2.24, 2.45) is 0 Å². The first-order valence-electron chi connectivity index (χ1n) is 5.36. The van der Waals surface area contributed by atoms with E-state index in [1.807, 2.05) is 0 Å². The van der Waals surface area contributed by atoms with Crippen LogP contribution < -0.4 is 5.56 Å². The molecular weight excluding hydrogens is 326 g/mol. The second kappa shape index (κ2) is 4.76. The molecule has 0 bridgehead atoms. The van der Waals surface area contributed by atoms with E-state index in [0.717, 1.165) is 10.6 Å². The average molecular weight is 331 g/mol. The van der Waals surface area contributed by atoms with Crippen LogP contribution in [0.3, 0.4) is 0 Å². The molecule has 2 aromatic heterocycles. The molecule has 0 saturated heterocycles. The van der Waals surface area contributed by atoms with Gasteiger partial charge in [0.2, 0.25) is 0 Å². The number of benzene rings is 1. The van der Waals surface area contributed by atoms with E-state index in [1.165, 1.54) is 11.3 Å². The average Bonchev–Trinajstić information content (AvgIpc) is 2.80. The fraction of sp³-hybridized carbons (Fsp3) is 0. The number of nitrogens with one attached hydrogen (secondary N) is 1. The molecule has 0 aliphatic rings. The van der Waals surface area contributed by atoms with E-state index in [-0.39, 0.29) is 15.5 Å². The minimum atomic E-state index is -0.951. The number of hydrogen-bond acceptors (Lipinski definition) is 3. The third kappa shape index (κ3) is 1.98. The van der Waals surface area contributed by atoms with Gasteiger partial charge in [0.25, 0.3) is 5.56 Å². The van der Waals surface area contributed by atoms with E-state index in [0.29, 0.717) is 16.3 Å². The van der Waals surface area contributed by atoms with Crippen molar-refractivity contribution in [3.8, 4) is 5.69 Å². The van der Waals surface area contributed by atoms with Crippen LogP contribution in [0, 0.1) is 16.4 Å². The molecule has 102 valence electrons. The Morgan fingerprint density at radius 2 is 2.10 bits per heavy atom. The Bertz CT molecular complexity index is 922. The van der Waals surface area contributed by atoms with Gasteiger partial charge in [-0.25, -0.2) is 13.3 Å². The highest BCUT2D eigenvalue weighted by molar-refractivity contribution is 7.71. The minimum Gasteiger partial charge on any atom is -0.331 e. The first-order chi connectivity index (χ1) is 9.49. The van der Waals surface area contributed by atoms with Crippen molar-refractivity contribution < 1.29 is 8.78 Å². The zero-order chi connectivity index (χ0) is 14.4. The van der Waals surface area contributed by atoms with E-state index in [4.69, 9.17) is 23.8 Å². The van der Waals surface area contributed by atoms with E-state index in [2.05, 4.69) is 4.98 Å². The summed E-state index contributed by atoms with van der Waals surface area (Å²) in [6.07, 6.45) is 0. The third-order valence-electron chi connectivity index (χ3n) is 2.71. The van der Waals surface area contributed by atoms with Crippen molar-refractivity contribution in [2.45, 2.75) is 0 Å². The zero-order valence-electron chi connectivity index (χ0n) is 9.62. The molecule has 2 heterocycles. The molecular formula is C12H5ClF2N2OS2. The molecule has 0 atom stereocenters. The van der Waals surface area contributed by atoms with Crippen LogP contribution in [0.2, 0.25) is 5.02 Å². The molecule has 1 aromatic carbocycles. The van der Waals surface area contributed by atoms with Crippen LogP contribution in [-0.2, 0) is 0 Å². The second-order valence-corrected chi connectivity index (χ2v) is 5.66. The molecule has 0 aliphatic carbocycles. The number of thiophene rings is 1. The number of fused-ring (bicyclic) bond motifs is 1. The molecule has 1 N–H and O–H groups in total. The van der Waals surface area contributed by atoms with Gasteiger partial charge in [-0.1, -0.05) is 11.6 Å². The lowest BCUT2D eigenvalue weighted by atomic mass is 10.3. The van der Waals surface area contributed by atoms with Crippen molar-refractivity contribution in [3.63, 3.8) is 0 Å². The molecule has 0 radical (unpaired) electrons. The molecule has 0 fully saturated rings. The molecule has 3 aromatic rings. The second-order valence-electron chi connectivity index (χ2n) is 3.95. The van der Waals surface area contributed by atoms with Gasteiger partial charge in [0.15, 0.2) is 10.6 Å². The summed E-state index contributed by atoms with van der Waals surface area (Å²) >= 11 is 12.1. The summed E-state index contributed by atoms with van der Waals surface area (Å²) in [5.41, 5.74) is -0.180. The number of halogens is 3. The number of rotatable bonds is 1. The Labute approximate surface area is 125 Å². The summed E-state index contributed by atoms with van der Waals surface area (Å²) in [6.45, 7) is 0. The Kier molecular flexibility index (Phi) is 3.19. The molecule has 3 nitrogen and oxygen atoms in total.